The van der Waals surface area contributed by atoms with Crippen molar-refractivity contribution in [3.05, 3.63) is 72.4 Å². The summed E-state index contributed by atoms with van der Waals surface area (Å²) in [7, 11) is 0. The van der Waals surface area contributed by atoms with Crippen molar-refractivity contribution in [2.45, 2.75) is 26.0 Å². The molecule has 0 radical (unpaired) electrons. The summed E-state index contributed by atoms with van der Waals surface area (Å²) in [6.07, 6.45) is 2.79. The number of nitrogens with one attached hydrogen (secondary N) is 1. The number of rotatable bonds is 8. The van der Waals surface area contributed by atoms with Crippen LogP contribution in [0, 0.1) is 0 Å². The van der Waals surface area contributed by atoms with Crippen molar-refractivity contribution in [1.82, 2.24) is 10.3 Å². The molecule has 0 bridgehead atoms. The highest BCUT2D eigenvalue weighted by molar-refractivity contribution is 5.91. The molecular formula is C23H25N3O4. The van der Waals surface area contributed by atoms with Crippen LogP contribution in [0.2, 0.25) is 0 Å². The van der Waals surface area contributed by atoms with Gasteiger partial charge >= 0.3 is 0 Å². The summed E-state index contributed by atoms with van der Waals surface area (Å²) in [6, 6.07) is 15.8. The first kappa shape index (κ1) is 19.8. The van der Waals surface area contributed by atoms with Gasteiger partial charge in [0.25, 0.3) is 5.91 Å². The Hall–Kier alpha value is -3.48. The second-order valence-electron chi connectivity index (χ2n) is 7.20. The van der Waals surface area contributed by atoms with Crippen LogP contribution in [0.1, 0.15) is 36.0 Å². The fourth-order valence-electron chi connectivity index (χ4n) is 3.35. The van der Waals surface area contributed by atoms with E-state index in [0.29, 0.717) is 6.61 Å². The zero-order valence-electron chi connectivity index (χ0n) is 17.1. The normalized spacial score (nSPS) is 14.7. The fraction of sp³-hybridized carbons (Fsp3) is 0.304. The molecule has 1 fully saturated rings. The van der Waals surface area contributed by atoms with Gasteiger partial charge in [-0.2, -0.15) is 0 Å². The van der Waals surface area contributed by atoms with E-state index in [0.717, 1.165) is 30.2 Å². The predicted molar refractivity (Wildman–Crippen MR) is 113 cm³/mol. The van der Waals surface area contributed by atoms with Gasteiger partial charge in [-0.25, -0.2) is 4.98 Å². The van der Waals surface area contributed by atoms with Crippen LogP contribution in [0.4, 0.5) is 5.69 Å². The summed E-state index contributed by atoms with van der Waals surface area (Å²) in [5.74, 6) is 1.62. The van der Waals surface area contributed by atoms with E-state index < -0.39 is 0 Å². The van der Waals surface area contributed by atoms with E-state index in [4.69, 9.17) is 13.9 Å². The van der Waals surface area contributed by atoms with Crippen LogP contribution in [-0.2, 0) is 0 Å². The third kappa shape index (κ3) is 4.56. The van der Waals surface area contributed by atoms with Crippen molar-refractivity contribution in [3.63, 3.8) is 0 Å². The summed E-state index contributed by atoms with van der Waals surface area (Å²) < 4.78 is 16.6. The second-order valence-corrected chi connectivity index (χ2v) is 7.20. The number of amides is 1. The number of oxazole rings is 1. The van der Waals surface area contributed by atoms with E-state index in [1.54, 1.807) is 0 Å². The van der Waals surface area contributed by atoms with Gasteiger partial charge in [0.05, 0.1) is 31.9 Å². The molecule has 0 saturated carbocycles. The molecule has 0 unspecified atom stereocenters. The molecule has 1 amide bonds. The molecule has 1 aromatic heterocycles. The molecule has 30 heavy (non-hydrogen) atoms. The van der Waals surface area contributed by atoms with E-state index in [-0.39, 0.29) is 23.8 Å². The lowest BCUT2D eigenvalue weighted by atomic mass is 10.1. The van der Waals surface area contributed by atoms with Crippen molar-refractivity contribution in [3.8, 4) is 11.5 Å². The molecule has 4 rings (SSSR count). The second kappa shape index (κ2) is 8.90. The molecular weight excluding hydrogens is 382 g/mol. The minimum atomic E-state index is -0.288. The van der Waals surface area contributed by atoms with Crippen LogP contribution in [-0.4, -0.2) is 36.7 Å². The van der Waals surface area contributed by atoms with Gasteiger partial charge < -0.3 is 24.1 Å². The first-order valence-electron chi connectivity index (χ1n) is 10.1. The Balaban J connectivity index is 1.26. The molecule has 7 nitrogen and oxygen atoms in total. The molecule has 2 heterocycles. The number of ether oxygens (including phenoxy) is 2. The van der Waals surface area contributed by atoms with Crippen LogP contribution < -0.4 is 19.7 Å². The van der Waals surface area contributed by atoms with Crippen LogP contribution in [0.5, 0.6) is 11.5 Å². The van der Waals surface area contributed by atoms with E-state index in [9.17, 15) is 4.79 Å². The van der Waals surface area contributed by atoms with Crippen molar-refractivity contribution in [2.75, 3.05) is 24.6 Å². The smallest absolute Gasteiger partial charge is 0.289 e. The Morgan fingerprint density at radius 2 is 1.87 bits per heavy atom. The molecule has 7 heteroatoms. The monoisotopic (exact) mass is 407 g/mol. The lowest BCUT2D eigenvalue weighted by Crippen LogP contribution is -2.54. The quantitative estimate of drug-likeness (QED) is 0.612. The fourth-order valence-corrected chi connectivity index (χ4v) is 3.35. The Kier molecular flexibility index (Phi) is 5.88. The largest absolute Gasteiger partial charge is 0.494 e. The molecule has 1 aliphatic rings. The van der Waals surface area contributed by atoms with E-state index in [1.807, 2.05) is 50.2 Å². The Morgan fingerprint density at radius 3 is 2.50 bits per heavy atom. The SMILES string of the molecule is CCOc1ccc(N2CC(Oc3ccc([C@H](C)NC(=O)c4cnco4)cc3)C2)cc1. The van der Waals surface area contributed by atoms with Gasteiger partial charge in [-0.15, -0.1) is 0 Å². The van der Waals surface area contributed by atoms with Gasteiger partial charge in [-0.1, -0.05) is 12.1 Å². The Morgan fingerprint density at radius 1 is 1.17 bits per heavy atom. The average molecular weight is 407 g/mol. The summed E-state index contributed by atoms with van der Waals surface area (Å²) in [6.45, 7) is 6.26. The predicted octanol–water partition coefficient (Wildman–Crippen LogP) is 3.83. The average Bonchev–Trinajstić information content (AvgIpc) is 3.27. The number of carbonyl (C=O) groups excluding carboxylic acids is 1. The molecule has 3 aromatic rings. The van der Waals surface area contributed by atoms with E-state index in [2.05, 4.69) is 27.3 Å². The standard InChI is InChI=1S/C23H25N3O4/c1-3-28-19-10-6-18(7-11-19)26-13-21(14-26)30-20-8-4-17(5-9-20)16(2)25-23(27)22-12-24-15-29-22/h4-12,15-16,21H,3,13-14H2,1-2H3,(H,25,27)/t16-/m0/s1. The first-order valence-corrected chi connectivity index (χ1v) is 10.1. The zero-order chi connectivity index (χ0) is 20.9. The zero-order valence-corrected chi connectivity index (χ0v) is 17.1. The van der Waals surface area contributed by atoms with Gasteiger partial charge in [0.15, 0.2) is 6.39 Å². The number of carbonyl (C=O) groups is 1. The van der Waals surface area contributed by atoms with Crippen LogP contribution in [0.3, 0.4) is 0 Å². The Bertz CT molecular complexity index is 949. The number of hydrogen-bond donors (Lipinski definition) is 1. The first-order chi connectivity index (χ1) is 14.6. The summed E-state index contributed by atoms with van der Waals surface area (Å²) in [4.78, 5) is 18.1. The van der Waals surface area contributed by atoms with E-state index in [1.165, 1.54) is 18.3 Å². The van der Waals surface area contributed by atoms with Gasteiger partial charge in [0.2, 0.25) is 5.76 Å². The van der Waals surface area contributed by atoms with Gasteiger partial charge in [0, 0.05) is 5.69 Å². The number of nitrogens with zero attached hydrogens (tertiary/aromatic N) is 2. The van der Waals surface area contributed by atoms with Crippen molar-refractivity contribution in [2.24, 2.45) is 0 Å². The molecule has 0 aliphatic carbocycles. The third-order valence-corrected chi connectivity index (χ3v) is 5.05. The van der Waals surface area contributed by atoms with Crippen molar-refractivity contribution >= 4 is 11.6 Å². The maximum atomic E-state index is 12.1. The highest BCUT2D eigenvalue weighted by atomic mass is 16.5. The molecule has 156 valence electrons. The topological polar surface area (TPSA) is 76.8 Å². The third-order valence-electron chi connectivity index (χ3n) is 5.05. The maximum absolute atomic E-state index is 12.1. The molecule has 2 aromatic carbocycles. The van der Waals surface area contributed by atoms with Crippen molar-refractivity contribution in [1.29, 1.82) is 0 Å². The minimum Gasteiger partial charge on any atom is -0.494 e. The number of anilines is 1. The van der Waals surface area contributed by atoms with Gasteiger partial charge in [-0.3, -0.25) is 4.79 Å². The number of aromatic nitrogens is 1. The minimum absolute atomic E-state index is 0.157. The molecule has 1 atom stereocenters. The number of hydrogen-bond acceptors (Lipinski definition) is 6. The molecule has 1 saturated heterocycles. The van der Waals surface area contributed by atoms with Gasteiger partial charge in [0.1, 0.15) is 17.6 Å². The van der Waals surface area contributed by atoms with E-state index >= 15 is 0 Å². The Labute approximate surface area is 175 Å². The van der Waals surface area contributed by atoms with Gasteiger partial charge in [-0.05, 0) is 55.8 Å². The lowest BCUT2D eigenvalue weighted by molar-refractivity contribution is 0.0912. The maximum Gasteiger partial charge on any atom is 0.289 e. The molecule has 1 N–H and O–H groups in total. The summed E-state index contributed by atoms with van der Waals surface area (Å²) >= 11 is 0. The summed E-state index contributed by atoms with van der Waals surface area (Å²) in [5.41, 5.74) is 2.16. The van der Waals surface area contributed by atoms with Crippen molar-refractivity contribution < 1.29 is 18.7 Å². The highest BCUT2D eigenvalue weighted by Crippen LogP contribution is 2.27. The van der Waals surface area contributed by atoms with Crippen LogP contribution >= 0.6 is 0 Å². The van der Waals surface area contributed by atoms with Crippen LogP contribution in [0.15, 0.2) is 65.5 Å². The highest BCUT2D eigenvalue weighted by Gasteiger charge is 2.28. The molecule has 0 spiro atoms. The summed E-state index contributed by atoms with van der Waals surface area (Å²) in [5, 5.41) is 2.89. The number of benzene rings is 2. The lowest BCUT2D eigenvalue weighted by Gasteiger charge is -2.40. The molecule has 1 aliphatic heterocycles. The van der Waals surface area contributed by atoms with Crippen LogP contribution in [0.25, 0.3) is 0 Å².